The number of carbonyl (C=O) groups is 1. The van der Waals surface area contributed by atoms with Gasteiger partial charge in [0.05, 0.1) is 12.2 Å². The van der Waals surface area contributed by atoms with Gasteiger partial charge in [0.25, 0.3) is 11.5 Å². The fourth-order valence-corrected chi connectivity index (χ4v) is 3.62. The third-order valence-corrected chi connectivity index (χ3v) is 5.35. The number of hydrogen-bond acceptors (Lipinski definition) is 6. The van der Waals surface area contributed by atoms with Crippen molar-refractivity contribution in [3.63, 3.8) is 0 Å². The van der Waals surface area contributed by atoms with Crippen LogP contribution in [-0.4, -0.2) is 27.0 Å². The zero-order chi connectivity index (χ0) is 23.5. The van der Waals surface area contributed by atoms with E-state index in [9.17, 15) is 14.4 Å². The molecule has 170 valence electrons. The van der Waals surface area contributed by atoms with Crippen molar-refractivity contribution < 1.29 is 14.3 Å². The van der Waals surface area contributed by atoms with E-state index in [1.54, 1.807) is 60.7 Å². The van der Waals surface area contributed by atoms with E-state index in [0.29, 0.717) is 17.2 Å². The number of amides is 1. The van der Waals surface area contributed by atoms with Crippen molar-refractivity contribution in [2.24, 2.45) is 0 Å². The molecule has 0 bridgehead atoms. The van der Waals surface area contributed by atoms with Crippen LogP contribution in [0.25, 0.3) is 5.69 Å². The average molecular weight is 456 g/mol. The molecule has 1 amide bonds. The van der Waals surface area contributed by atoms with Crippen LogP contribution in [0, 0.1) is 0 Å². The summed E-state index contributed by atoms with van der Waals surface area (Å²) in [6, 6.07) is 23.0. The number of nitrogens with one attached hydrogen (secondary N) is 1. The molecular weight excluding hydrogens is 436 g/mol. The molecule has 0 saturated carbocycles. The lowest BCUT2D eigenvalue weighted by molar-refractivity contribution is 0.0941. The Morgan fingerprint density at radius 3 is 2.35 bits per heavy atom. The minimum absolute atomic E-state index is 0.0102. The first-order valence-electron chi connectivity index (χ1n) is 10.6. The van der Waals surface area contributed by atoms with Crippen LogP contribution in [0.1, 0.15) is 21.6 Å². The molecule has 0 radical (unpaired) electrons. The van der Waals surface area contributed by atoms with Gasteiger partial charge in [0.1, 0.15) is 0 Å². The summed E-state index contributed by atoms with van der Waals surface area (Å²) in [5.41, 5.74) is 0.189. The number of rotatable bonds is 6. The lowest BCUT2D eigenvalue weighted by atomic mass is 10.2. The molecule has 1 aliphatic rings. The van der Waals surface area contributed by atoms with Crippen molar-refractivity contribution in [3.05, 3.63) is 117 Å². The Kier molecular flexibility index (Phi) is 5.65. The maximum atomic E-state index is 13.2. The number of benzene rings is 3. The standard InChI is InChI=1S/C25H20N4O5/c30-23(26-14-18-11-12-20-21(13-18)34-16-33-20)22-24(31)28(15-17-7-3-1-4-8-17)25(32)29(27-22)19-9-5-2-6-10-19/h1-13H,14-16H2,(H,26,30). The van der Waals surface area contributed by atoms with E-state index in [4.69, 9.17) is 9.47 Å². The SMILES string of the molecule is O=C(NCc1ccc2c(c1)OCO2)c1nn(-c2ccccc2)c(=O)n(Cc2ccccc2)c1=O. The molecule has 4 aromatic rings. The van der Waals surface area contributed by atoms with Crippen LogP contribution in [-0.2, 0) is 13.1 Å². The number of fused-ring (bicyclic) bond motifs is 1. The Labute approximate surface area is 193 Å². The van der Waals surface area contributed by atoms with Crippen molar-refractivity contribution in [2.75, 3.05) is 6.79 Å². The van der Waals surface area contributed by atoms with Crippen molar-refractivity contribution in [2.45, 2.75) is 13.1 Å². The van der Waals surface area contributed by atoms with Crippen molar-refractivity contribution in [1.29, 1.82) is 0 Å². The lowest BCUT2D eigenvalue weighted by Gasteiger charge is -2.12. The largest absolute Gasteiger partial charge is 0.454 e. The monoisotopic (exact) mass is 456 g/mol. The molecule has 0 aliphatic carbocycles. The molecule has 0 fully saturated rings. The Balaban J connectivity index is 1.50. The number of nitrogens with zero attached hydrogens (tertiary/aromatic N) is 3. The lowest BCUT2D eigenvalue weighted by Crippen LogP contribution is -2.46. The number of carbonyl (C=O) groups excluding carboxylic acids is 1. The summed E-state index contributed by atoms with van der Waals surface area (Å²) in [7, 11) is 0. The molecule has 0 spiro atoms. The molecule has 9 heteroatoms. The van der Waals surface area contributed by atoms with Crippen LogP contribution in [0.3, 0.4) is 0 Å². The normalized spacial score (nSPS) is 11.9. The zero-order valence-electron chi connectivity index (χ0n) is 18.0. The summed E-state index contributed by atoms with van der Waals surface area (Å²) in [6.07, 6.45) is 0. The second-order valence-corrected chi connectivity index (χ2v) is 7.63. The van der Waals surface area contributed by atoms with Crippen LogP contribution in [0.15, 0.2) is 88.5 Å². The van der Waals surface area contributed by atoms with Gasteiger partial charge in [-0.1, -0.05) is 54.6 Å². The van der Waals surface area contributed by atoms with Gasteiger partial charge in [0, 0.05) is 6.54 Å². The highest BCUT2D eigenvalue weighted by Gasteiger charge is 2.21. The van der Waals surface area contributed by atoms with E-state index in [1.807, 2.05) is 18.2 Å². The highest BCUT2D eigenvalue weighted by atomic mass is 16.7. The highest BCUT2D eigenvalue weighted by Crippen LogP contribution is 2.32. The molecule has 2 heterocycles. The van der Waals surface area contributed by atoms with Crippen molar-refractivity contribution >= 4 is 5.91 Å². The maximum absolute atomic E-state index is 13.2. The van der Waals surface area contributed by atoms with Gasteiger partial charge in [-0.25, -0.2) is 4.79 Å². The van der Waals surface area contributed by atoms with E-state index in [1.165, 1.54) is 0 Å². The number of aromatic nitrogens is 3. The van der Waals surface area contributed by atoms with Gasteiger partial charge in [-0.3, -0.25) is 14.2 Å². The Hall–Kier alpha value is -4.66. The molecule has 0 unspecified atom stereocenters. The predicted octanol–water partition coefficient (Wildman–Crippen LogP) is 2.10. The number of ether oxygens (including phenoxy) is 2. The Morgan fingerprint density at radius 1 is 0.882 bits per heavy atom. The van der Waals surface area contributed by atoms with Gasteiger partial charge in [0.15, 0.2) is 11.5 Å². The smallest absolute Gasteiger partial charge is 0.352 e. The van der Waals surface area contributed by atoms with Crippen LogP contribution in [0.5, 0.6) is 11.5 Å². The average Bonchev–Trinajstić information content (AvgIpc) is 3.34. The molecule has 34 heavy (non-hydrogen) atoms. The Bertz CT molecular complexity index is 1460. The highest BCUT2D eigenvalue weighted by molar-refractivity contribution is 5.91. The van der Waals surface area contributed by atoms with E-state index >= 15 is 0 Å². The first-order valence-corrected chi connectivity index (χ1v) is 10.6. The van der Waals surface area contributed by atoms with Gasteiger partial charge < -0.3 is 14.8 Å². The second-order valence-electron chi connectivity index (χ2n) is 7.63. The molecule has 5 rings (SSSR count). The van der Waals surface area contributed by atoms with Gasteiger partial charge >= 0.3 is 5.69 Å². The van der Waals surface area contributed by atoms with Crippen molar-refractivity contribution in [1.82, 2.24) is 19.7 Å². The topological polar surface area (TPSA) is 104 Å². The number of para-hydroxylation sites is 1. The summed E-state index contributed by atoms with van der Waals surface area (Å²) < 4.78 is 12.7. The second kappa shape index (κ2) is 9.07. The van der Waals surface area contributed by atoms with E-state index in [-0.39, 0.29) is 25.6 Å². The molecule has 0 atom stereocenters. The molecule has 0 saturated heterocycles. The fraction of sp³-hybridized carbons (Fsp3) is 0.120. The first-order chi connectivity index (χ1) is 16.6. The molecule has 9 nitrogen and oxygen atoms in total. The fourth-order valence-electron chi connectivity index (χ4n) is 3.62. The molecule has 1 N–H and O–H groups in total. The maximum Gasteiger partial charge on any atom is 0.352 e. The first kappa shape index (κ1) is 21.2. The van der Waals surface area contributed by atoms with Crippen LogP contribution in [0.4, 0.5) is 0 Å². The zero-order valence-corrected chi connectivity index (χ0v) is 18.0. The van der Waals surface area contributed by atoms with Gasteiger partial charge in [0.2, 0.25) is 12.5 Å². The molecule has 1 aromatic heterocycles. The van der Waals surface area contributed by atoms with Crippen LogP contribution in [0.2, 0.25) is 0 Å². The van der Waals surface area contributed by atoms with E-state index in [0.717, 1.165) is 20.4 Å². The summed E-state index contributed by atoms with van der Waals surface area (Å²) in [4.78, 5) is 39.4. The van der Waals surface area contributed by atoms with E-state index < -0.39 is 17.2 Å². The summed E-state index contributed by atoms with van der Waals surface area (Å²) in [6.45, 7) is 0.299. The summed E-state index contributed by atoms with van der Waals surface area (Å²) >= 11 is 0. The third kappa shape index (κ3) is 4.18. The third-order valence-electron chi connectivity index (χ3n) is 5.35. The predicted molar refractivity (Wildman–Crippen MR) is 123 cm³/mol. The molecular formula is C25H20N4O5. The minimum atomic E-state index is -0.760. The van der Waals surface area contributed by atoms with Crippen LogP contribution >= 0.6 is 0 Å². The van der Waals surface area contributed by atoms with Crippen molar-refractivity contribution in [3.8, 4) is 17.2 Å². The van der Waals surface area contributed by atoms with Gasteiger partial charge in [-0.15, -0.1) is 0 Å². The summed E-state index contributed by atoms with van der Waals surface area (Å²) in [5.74, 6) is 0.539. The quantitative estimate of drug-likeness (QED) is 0.477. The molecule has 1 aliphatic heterocycles. The Morgan fingerprint density at radius 2 is 1.59 bits per heavy atom. The van der Waals surface area contributed by atoms with Crippen LogP contribution < -0.4 is 26.0 Å². The summed E-state index contributed by atoms with van der Waals surface area (Å²) in [5, 5.41) is 6.84. The van der Waals surface area contributed by atoms with Gasteiger partial charge in [-0.2, -0.15) is 9.78 Å². The number of hydrogen-bond donors (Lipinski definition) is 1. The van der Waals surface area contributed by atoms with Gasteiger partial charge in [-0.05, 0) is 35.4 Å². The van der Waals surface area contributed by atoms with E-state index in [2.05, 4.69) is 10.4 Å². The molecule has 3 aromatic carbocycles. The minimum Gasteiger partial charge on any atom is -0.454 e.